The average Bonchev–Trinajstić information content (AvgIpc) is 2.43. The lowest BCUT2D eigenvalue weighted by Gasteiger charge is -2.32. The summed E-state index contributed by atoms with van der Waals surface area (Å²) >= 11 is 12.0. The molecule has 1 aromatic rings. The van der Waals surface area contributed by atoms with Crippen LogP contribution in [0.5, 0.6) is 0 Å². The third kappa shape index (κ3) is 4.27. The number of aliphatic hydroxyl groups is 1. The summed E-state index contributed by atoms with van der Waals surface area (Å²) < 4.78 is 37.9. The van der Waals surface area contributed by atoms with Gasteiger partial charge in [0.25, 0.3) is 0 Å². The molecule has 0 amide bonds. The molecule has 1 aliphatic rings. The first-order valence-electron chi connectivity index (χ1n) is 6.96. The summed E-state index contributed by atoms with van der Waals surface area (Å²) in [4.78, 5) is 0. The highest BCUT2D eigenvalue weighted by molar-refractivity contribution is 6.42. The predicted molar refractivity (Wildman–Crippen MR) is 77.7 cm³/mol. The molecule has 2 rings (SSSR count). The quantitative estimate of drug-likeness (QED) is 0.795. The van der Waals surface area contributed by atoms with E-state index in [1.165, 1.54) is 0 Å². The molecule has 6 heteroatoms. The Morgan fingerprint density at radius 3 is 2.33 bits per heavy atom. The number of halogens is 5. The van der Waals surface area contributed by atoms with E-state index in [4.69, 9.17) is 23.2 Å². The summed E-state index contributed by atoms with van der Waals surface area (Å²) in [5.41, 5.74) is 0.731. The van der Waals surface area contributed by atoms with Crippen molar-refractivity contribution in [1.82, 2.24) is 0 Å². The fourth-order valence-corrected chi connectivity index (χ4v) is 3.33. The Kier molecular flexibility index (Phi) is 5.44. The second kappa shape index (κ2) is 6.76. The molecule has 0 radical (unpaired) electrons. The fourth-order valence-electron chi connectivity index (χ4n) is 2.93. The van der Waals surface area contributed by atoms with E-state index >= 15 is 0 Å². The zero-order chi connectivity index (χ0) is 15.6. The van der Waals surface area contributed by atoms with Crippen molar-refractivity contribution in [1.29, 1.82) is 0 Å². The molecule has 1 nitrogen and oxygen atoms in total. The summed E-state index contributed by atoms with van der Waals surface area (Å²) in [6, 6.07) is 5.18. The van der Waals surface area contributed by atoms with Gasteiger partial charge in [-0.15, -0.1) is 0 Å². The van der Waals surface area contributed by atoms with Crippen LogP contribution in [0.4, 0.5) is 13.2 Å². The smallest absolute Gasteiger partial charge is 0.391 e. The Balaban J connectivity index is 1.93. The van der Waals surface area contributed by atoms with Crippen LogP contribution in [-0.2, 0) is 6.42 Å². The zero-order valence-corrected chi connectivity index (χ0v) is 12.8. The number of rotatable bonds is 3. The van der Waals surface area contributed by atoms with Gasteiger partial charge in [0.1, 0.15) is 0 Å². The summed E-state index contributed by atoms with van der Waals surface area (Å²) in [5, 5.41) is 11.1. The Morgan fingerprint density at radius 1 is 1.14 bits per heavy atom. The van der Waals surface area contributed by atoms with E-state index in [9.17, 15) is 18.3 Å². The van der Waals surface area contributed by atoms with Gasteiger partial charge in [0.15, 0.2) is 0 Å². The first kappa shape index (κ1) is 16.9. The Bertz CT molecular complexity index is 482. The number of aliphatic hydroxyl groups excluding tert-OH is 1. The molecule has 1 aliphatic carbocycles. The molecule has 0 saturated heterocycles. The summed E-state index contributed by atoms with van der Waals surface area (Å²) in [6.45, 7) is 0. The fraction of sp³-hybridized carbons (Fsp3) is 0.600. The van der Waals surface area contributed by atoms with Crippen molar-refractivity contribution in [2.75, 3.05) is 0 Å². The molecule has 118 valence electrons. The third-order valence-corrected chi connectivity index (χ3v) is 5.10. The minimum Gasteiger partial charge on any atom is -0.392 e. The average molecular weight is 341 g/mol. The zero-order valence-electron chi connectivity index (χ0n) is 11.3. The highest BCUT2D eigenvalue weighted by atomic mass is 35.5. The molecule has 0 bridgehead atoms. The molecule has 1 aromatic carbocycles. The standard InChI is InChI=1S/C15H17Cl2F3O/c16-12-3-1-2-10(14(12)17)8-13(21)9-4-6-11(7-5-9)15(18,19)20/h1-3,9,11,13,21H,4-8H2. The lowest BCUT2D eigenvalue weighted by Crippen LogP contribution is -2.32. The van der Waals surface area contributed by atoms with Crippen molar-refractivity contribution < 1.29 is 18.3 Å². The van der Waals surface area contributed by atoms with Crippen LogP contribution >= 0.6 is 23.2 Å². The highest BCUT2D eigenvalue weighted by Gasteiger charge is 2.42. The van der Waals surface area contributed by atoms with Crippen LogP contribution in [0.2, 0.25) is 10.0 Å². The van der Waals surface area contributed by atoms with Gasteiger partial charge in [0, 0.05) is 6.42 Å². The van der Waals surface area contributed by atoms with Crippen molar-refractivity contribution in [2.45, 2.75) is 44.4 Å². The van der Waals surface area contributed by atoms with Gasteiger partial charge in [0.2, 0.25) is 0 Å². The van der Waals surface area contributed by atoms with Gasteiger partial charge in [-0.05, 0) is 43.2 Å². The van der Waals surface area contributed by atoms with Gasteiger partial charge in [-0.2, -0.15) is 13.2 Å². The number of alkyl halides is 3. The first-order chi connectivity index (χ1) is 9.79. The maximum atomic E-state index is 12.6. The maximum absolute atomic E-state index is 12.6. The van der Waals surface area contributed by atoms with E-state index in [1.54, 1.807) is 18.2 Å². The number of benzene rings is 1. The van der Waals surface area contributed by atoms with E-state index in [-0.39, 0.29) is 18.8 Å². The Labute approximate surface area is 132 Å². The van der Waals surface area contributed by atoms with Crippen LogP contribution in [-0.4, -0.2) is 17.4 Å². The van der Waals surface area contributed by atoms with E-state index in [1.807, 2.05) is 0 Å². The SMILES string of the molecule is OC(Cc1cccc(Cl)c1Cl)C1CCC(C(F)(F)F)CC1. The molecule has 0 heterocycles. The van der Waals surface area contributed by atoms with Gasteiger partial charge < -0.3 is 5.11 Å². The predicted octanol–water partition coefficient (Wildman–Crippen LogP) is 5.27. The molecule has 1 unspecified atom stereocenters. The van der Waals surface area contributed by atoms with Crippen LogP contribution in [0.1, 0.15) is 31.2 Å². The monoisotopic (exact) mass is 340 g/mol. The first-order valence-corrected chi connectivity index (χ1v) is 7.72. The molecular formula is C15H17Cl2F3O. The van der Waals surface area contributed by atoms with Crippen molar-refractivity contribution in [3.63, 3.8) is 0 Å². The lowest BCUT2D eigenvalue weighted by molar-refractivity contribution is -0.185. The summed E-state index contributed by atoms with van der Waals surface area (Å²) in [5.74, 6) is -1.34. The van der Waals surface area contributed by atoms with Crippen LogP contribution in [0, 0.1) is 11.8 Å². The molecule has 1 fully saturated rings. The molecule has 0 aliphatic heterocycles. The maximum Gasteiger partial charge on any atom is 0.391 e. The molecule has 21 heavy (non-hydrogen) atoms. The van der Waals surface area contributed by atoms with Gasteiger partial charge in [-0.25, -0.2) is 0 Å². The second-order valence-electron chi connectivity index (χ2n) is 5.64. The molecule has 1 atom stereocenters. The van der Waals surface area contributed by atoms with E-state index in [0.717, 1.165) is 5.56 Å². The van der Waals surface area contributed by atoms with E-state index in [0.29, 0.717) is 29.3 Å². The second-order valence-corrected chi connectivity index (χ2v) is 6.42. The van der Waals surface area contributed by atoms with Crippen molar-refractivity contribution in [3.8, 4) is 0 Å². The van der Waals surface area contributed by atoms with Gasteiger partial charge in [0.05, 0.1) is 22.1 Å². The highest BCUT2D eigenvalue weighted by Crippen LogP contribution is 2.41. The van der Waals surface area contributed by atoms with Gasteiger partial charge in [-0.3, -0.25) is 0 Å². The number of hydrogen-bond acceptors (Lipinski definition) is 1. The Hall–Kier alpha value is -0.450. The van der Waals surface area contributed by atoms with Crippen LogP contribution in [0.3, 0.4) is 0 Å². The summed E-state index contributed by atoms with van der Waals surface area (Å²) in [6.07, 6.45) is -3.52. The molecule has 1 saturated carbocycles. The van der Waals surface area contributed by atoms with Crippen molar-refractivity contribution >= 4 is 23.2 Å². The van der Waals surface area contributed by atoms with Crippen LogP contribution in [0.15, 0.2) is 18.2 Å². The number of hydrogen-bond donors (Lipinski definition) is 1. The molecule has 0 aromatic heterocycles. The van der Waals surface area contributed by atoms with Crippen molar-refractivity contribution in [2.24, 2.45) is 11.8 Å². The third-order valence-electron chi connectivity index (χ3n) is 4.24. The molecule has 0 spiro atoms. The molecular weight excluding hydrogens is 324 g/mol. The normalized spacial score (nSPS) is 24.9. The molecule has 1 N–H and O–H groups in total. The minimum absolute atomic E-state index is 0.0918. The van der Waals surface area contributed by atoms with Crippen LogP contribution in [0.25, 0.3) is 0 Å². The van der Waals surface area contributed by atoms with Crippen LogP contribution < -0.4 is 0 Å². The van der Waals surface area contributed by atoms with Gasteiger partial charge in [-0.1, -0.05) is 35.3 Å². The Morgan fingerprint density at radius 2 is 1.76 bits per heavy atom. The largest absolute Gasteiger partial charge is 0.392 e. The minimum atomic E-state index is -4.12. The lowest BCUT2D eigenvalue weighted by atomic mass is 9.78. The van der Waals surface area contributed by atoms with Gasteiger partial charge >= 0.3 is 6.18 Å². The van der Waals surface area contributed by atoms with Crippen molar-refractivity contribution in [3.05, 3.63) is 33.8 Å². The van der Waals surface area contributed by atoms with E-state index < -0.39 is 18.2 Å². The van der Waals surface area contributed by atoms with E-state index in [2.05, 4.69) is 0 Å². The summed E-state index contributed by atoms with van der Waals surface area (Å²) in [7, 11) is 0. The topological polar surface area (TPSA) is 20.2 Å².